The van der Waals surface area contributed by atoms with Crippen LogP contribution in [0.4, 0.5) is 0 Å². The number of nitrogens with zero attached hydrogens (tertiary/aromatic N) is 1. The molecule has 20 heavy (non-hydrogen) atoms. The van der Waals surface area contributed by atoms with Crippen LogP contribution < -0.4 is 10.1 Å². The molecule has 1 aromatic carbocycles. The Balaban J connectivity index is 2.21. The lowest BCUT2D eigenvalue weighted by molar-refractivity contribution is 0.413. The molecular formula is C16H19BrN2O. The Morgan fingerprint density at radius 3 is 2.85 bits per heavy atom. The van der Waals surface area contributed by atoms with Crippen LogP contribution >= 0.6 is 15.9 Å². The van der Waals surface area contributed by atoms with E-state index in [0.29, 0.717) is 0 Å². The molecular weight excluding hydrogens is 316 g/mol. The van der Waals surface area contributed by atoms with E-state index in [0.717, 1.165) is 23.2 Å². The number of rotatable bonds is 6. The summed E-state index contributed by atoms with van der Waals surface area (Å²) in [4.78, 5) is 4.23. The zero-order valence-electron chi connectivity index (χ0n) is 11.8. The third kappa shape index (κ3) is 4.05. The number of nitrogens with one attached hydrogen (secondary N) is 1. The summed E-state index contributed by atoms with van der Waals surface area (Å²) >= 11 is 3.47. The number of likely N-dealkylation sites (N-methyl/N-ethyl adjacent to an activating group) is 1. The fourth-order valence-corrected chi connectivity index (χ4v) is 2.63. The highest BCUT2D eigenvalue weighted by molar-refractivity contribution is 9.10. The Labute approximate surface area is 128 Å². The molecule has 0 amide bonds. The molecule has 0 saturated heterocycles. The van der Waals surface area contributed by atoms with Crippen LogP contribution in [0.15, 0.2) is 47.2 Å². The second kappa shape index (κ2) is 7.41. The van der Waals surface area contributed by atoms with Gasteiger partial charge in [-0.2, -0.15) is 0 Å². The fraction of sp³-hybridized carbons (Fsp3) is 0.312. The number of aromatic nitrogens is 1. The molecule has 3 nitrogen and oxygen atoms in total. The molecule has 106 valence electrons. The minimum atomic E-state index is 0.256. The van der Waals surface area contributed by atoms with Crippen LogP contribution in [-0.4, -0.2) is 18.6 Å². The van der Waals surface area contributed by atoms with Crippen LogP contribution in [0.3, 0.4) is 0 Å². The molecule has 1 unspecified atom stereocenters. The monoisotopic (exact) mass is 334 g/mol. The first-order chi connectivity index (χ1) is 9.72. The lowest BCUT2D eigenvalue weighted by Gasteiger charge is -2.19. The first-order valence-electron chi connectivity index (χ1n) is 6.69. The average Bonchev–Trinajstić information content (AvgIpc) is 2.47. The number of halogens is 1. The number of methoxy groups -OCH3 is 1. The zero-order chi connectivity index (χ0) is 14.4. The fourth-order valence-electron chi connectivity index (χ4n) is 2.22. The van der Waals surface area contributed by atoms with Gasteiger partial charge in [0.15, 0.2) is 0 Å². The molecule has 0 radical (unpaired) electrons. The molecule has 4 heteroatoms. The molecule has 1 heterocycles. The van der Waals surface area contributed by atoms with Gasteiger partial charge in [0.25, 0.3) is 0 Å². The molecule has 0 bridgehead atoms. The number of pyridine rings is 1. The summed E-state index contributed by atoms with van der Waals surface area (Å²) < 4.78 is 6.31. The summed E-state index contributed by atoms with van der Waals surface area (Å²) in [5.41, 5.74) is 2.43. The van der Waals surface area contributed by atoms with E-state index in [9.17, 15) is 0 Å². The molecule has 0 aliphatic rings. The predicted octanol–water partition coefficient (Wildman–Crippen LogP) is 3.75. The van der Waals surface area contributed by atoms with E-state index in [-0.39, 0.29) is 6.04 Å². The van der Waals surface area contributed by atoms with Crippen molar-refractivity contribution in [3.05, 3.63) is 58.3 Å². The van der Waals surface area contributed by atoms with Crippen molar-refractivity contribution in [2.75, 3.05) is 13.7 Å². The van der Waals surface area contributed by atoms with Gasteiger partial charge < -0.3 is 10.1 Å². The van der Waals surface area contributed by atoms with Crippen molar-refractivity contribution in [1.29, 1.82) is 0 Å². The molecule has 0 aliphatic heterocycles. The minimum absolute atomic E-state index is 0.256. The number of hydrogen-bond acceptors (Lipinski definition) is 3. The van der Waals surface area contributed by atoms with Gasteiger partial charge in [-0.25, -0.2) is 0 Å². The Morgan fingerprint density at radius 2 is 2.15 bits per heavy atom. The summed E-state index contributed by atoms with van der Waals surface area (Å²) in [5.74, 6) is 0.887. The summed E-state index contributed by atoms with van der Waals surface area (Å²) in [7, 11) is 1.69. The van der Waals surface area contributed by atoms with E-state index in [4.69, 9.17) is 4.74 Å². The molecule has 1 N–H and O–H groups in total. The van der Waals surface area contributed by atoms with Crippen LogP contribution in [-0.2, 0) is 6.42 Å². The Bertz CT molecular complexity index is 560. The summed E-state index contributed by atoms with van der Waals surface area (Å²) in [6, 6.07) is 10.6. The van der Waals surface area contributed by atoms with Gasteiger partial charge in [0.1, 0.15) is 5.75 Å². The SMILES string of the molecule is CCNC(Cc1cncc(Br)c1)c1cccc(OC)c1. The number of hydrogen-bond donors (Lipinski definition) is 1. The van der Waals surface area contributed by atoms with Gasteiger partial charge in [-0.1, -0.05) is 19.1 Å². The zero-order valence-corrected chi connectivity index (χ0v) is 13.4. The molecule has 0 saturated carbocycles. The molecule has 2 rings (SSSR count). The van der Waals surface area contributed by atoms with E-state index in [1.807, 2.05) is 18.3 Å². The van der Waals surface area contributed by atoms with Gasteiger partial charge in [-0.3, -0.25) is 4.98 Å². The minimum Gasteiger partial charge on any atom is -0.497 e. The number of ether oxygens (including phenoxy) is 1. The highest BCUT2D eigenvalue weighted by Gasteiger charge is 2.12. The summed E-state index contributed by atoms with van der Waals surface area (Å²) in [6.07, 6.45) is 4.61. The van der Waals surface area contributed by atoms with Crippen molar-refractivity contribution in [2.24, 2.45) is 0 Å². The van der Waals surface area contributed by atoms with Gasteiger partial charge in [0.2, 0.25) is 0 Å². The Morgan fingerprint density at radius 1 is 1.30 bits per heavy atom. The standard InChI is InChI=1S/C16H19BrN2O/c1-3-19-16(8-12-7-14(17)11-18-10-12)13-5-4-6-15(9-13)20-2/h4-7,9-11,16,19H,3,8H2,1-2H3. The molecule has 1 aromatic heterocycles. The first-order valence-corrected chi connectivity index (χ1v) is 7.49. The Hall–Kier alpha value is -1.39. The van der Waals surface area contributed by atoms with Crippen LogP contribution in [0.1, 0.15) is 24.1 Å². The highest BCUT2D eigenvalue weighted by Crippen LogP contribution is 2.23. The normalized spacial score (nSPS) is 12.2. The van der Waals surface area contributed by atoms with Gasteiger partial charge in [0, 0.05) is 22.9 Å². The van der Waals surface area contributed by atoms with Gasteiger partial charge >= 0.3 is 0 Å². The highest BCUT2D eigenvalue weighted by atomic mass is 79.9. The van der Waals surface area contributed by atoms with Crippen LogP contribution in [0.5, 0.6) is 5.75 Å². The van der Waals surface area contributed by atoms with Gasteiger partial charge in [-0.05, 0) is 58.2 Å². The predicted molar refractivity (Wildman–Crippen MR) is 85.1 cm³/mol. The van der Waals surface area contributed by atoms with Crippen molar-refractivity contribution >= 4 is 15.9 Å². The average molecular weight is 335 g/mol. The van der Waals surface area contributed by atoms with Crippen LogP contribution in [0.25, 0.3) is 0 Å². The summed E-state index contributed by atoms with van der Waals surface area (Å²) in [5, 5.41) is 3.52. The second-order valence-corrected chi connectivity index (χ2v) is 5.52. The second-order valence-electron chi connectivity index (χ2n) is 4.60. The third-order valence-electron chi connectivity index (χ3n) is 3.15. The van der Waals surface area contributed by atoms with Crippen molar-refractivity contribution in [1.82, 2.24) is 10.3 Å². The molecule has 0 spiro atoms. The first kappa shape index (κ1) is 15.0. The molecule has 2 aromatic rings. The lowest BCUT2D eigenvalue weighted by Crippen LogP contribution is -2.23. The maximum atomic E-state index is 5.30. The molecule has 0 fully saturated rings. The third-order valence-corrected chi connectivity index (χ3v) is 3.58. The maximum absolute atomic E-state index is 5.30. The summed E-state index contributed by atoms with van der Waals surface area (Å²) in [6.45, 7) is 3.04. The maximum Gasteiger partial charge on any atom is 0.119 e. The van der Waals surface area contributed by atoms with Crippen molar-refractivity contribution < 1.29 is 4.74 Å². The smallest absolute Gasteiger partial charge is 0.119 e. The van der Waals surface area contributed by atoms with E-state index in [1.165, 1.54) is 11.1 Å². The van der Waals surface area contributed by atoms with E-state index < -0.39 is 0 Å². The van der Waals surface area contributed by atoms with Crippen molar-refractivity contribution in [3.63, 3.8) is 0 Å². The lowest BCUT2D eigenvalue weighted by atomic mass is 9.99. The quantitative estimate of drug-likeness (QED) is 0.873. The van der Waals surface area contributed by atoms with Gasteiger partial charge in [0.05, 0.1) is 7.11 Å². The van der Waals surface area contributed by atoms with Crippen LogP contribution in [0, 0.1) is 0 Å². The van der Waals surface area contributed by atoms with Crippen molar-refractivity contribution in [2.45, 2.75) is 19.4 Å². The number of benzene rings is 1. The Kier molecular flexibility index (Phi) is 5.56. The van der Waals surface area contributed by atoms with Gasteiger partial charge in [-0.15, -0.1) is 0 Å². The molecule has 0 aliphatic carbocycles. The van der Waals surface area contributed by atoms with E-state index in [2.05, 4.69) is 51.4 Å². The van der Waals surface area contributed by atoms with Crippen molar-refractivity contribution in [3.8, 4) is 5.75 Å². The topological polar surface area (TPSA) is 34.2 Å². The largest absolute Gasteiger partial charge is 0.497 e. The van der Waals surface area contributed by atoms with Crippen LogP contribution in [0.2, 0.25) is 0 Å². The van der Waals surface area contributed by atoms with E-state index >= 15 is 0 Å². The molecule has 1 atom stereocenters. The van der Waals surface area contributed by atoms with E-state index in [1.54, 1.807) is 13.3 Å².